The minimum Gasteiger partial charge on any atom is -0.341 e. The first-order valence-electron chi connectivity index (χ1n) is 4.25. The molecule has 0 aliphatic rings. The molecule has 74 valence electrons. The summed E-state index contributed by atoms with van der Waals surface area (Å²) in [6.45, 7) is 0. The second-order valence-electron chi connectivity index (χ2n) is 2.78. The van der Waals surface area contributed by atoms with Crippen LogP contribution in [0.15, 0.2) is 35.2 Å². The lowest BCUT2D eigenvalue weighted by Crippen LogP contribution is -1.86. The van der Waals surface area contributed by atoms with Crippen molar-refractivity contribution in [3.05, 3.63) is 25.0 Å². The highest BCUT2D eigenvalue weighted by molar-refractivity contribution is 7.99. The van der Waals surface area contributed by atoms with Gasteiger partial charge < -0.3 is 9.97 Å². The van der Waals surface area contributed by atoms with E-state index in [-0.39, 0.29) is 0 Å². The van der Waals surface area contributed by atoms with Crippen LogP contribution in [0, 0.1) is 0 Å². The number of H-pyrrole nitrogens is 2. The highest BCUT2D eigenvalue weighted by atomic mass is 32.2. The lowest BCUT2D eigenvalue weighted by molar-refractivity contribution is 1.03. The summed E-state index contributed by atoms with van der Waals surface area (Å²) in [5.41, 5.74) is 1.50. The van der Waals surface area contributed by atoms with Crippen molar-refractivity contribution in [1.82, 2.24) is 29.9 Å². The number of nitrogens with one attached hydrogen (secondary N) is 2. The molecular formula is C8H6N6S. The SMILES string of the molecule is c1c[nH]c(Sc2ncnc3nc[nH]c23)n1. The van der Waals surface area contributed by atoms with Crippen molar-refractivity contribution in [2.24, 2.45) is 0 Å². The van der Waals surface area contributed by atoms with E-state index in [9.17, 15) is 0 Å². The van der Waals surface area contributed by atoms with Gasteiger partial charge in [-0.15, -0.1) is 0 Å². The molecule has 0 atom stereocenters. The Hall–Kier alpha value is -1.89. The highest BCUT2D eigenvalue weighted by Crippen LogP contribution is 2.26. The standard InChI is InChI=1S/C8H6N6S/c1-2-10-8(9-1)15-7-5-6(12-3-11-5)13-4-14-7/h1-4H,(H,9,10)(H,11,12,13,14). The second-order valence-corrected chi connectivity index (χ2v) is 3.75. The number of hydrogen-bond donors (Lipinski definition) is 2. The summed E-state index contributed by atoms with van der Waals surface area (Å²) >= 11 is 1.44. The molecule has 15 heavy (non-hydrogen) atoms. The summed E-state index contributed by atoms with van der Waals surface area (Å²) in [4.78, 5) is 22.4. The van der Waals surface area contributed by atoms with E-state index >= 15 is 0 Å². The molecule has 0 spiro atoms. The van der Waals surface area contributed by atoms with E-state index in [1.165, 1.54) is 18.1 Å². The van der Waals surface area contributed by atoms with Crippen LogP contribution in [-0.2, 0) is 0 Å². The van der Waals surface area contributed by atoms with Gasteiger partial charge in [-0.2, -0.15) is 0 Å². The minimum atomic E-state index is 0.666. The molecule has 7 heteroatoms. The average molecular weight is 218 g/mol. The molecule has 0 fully saturated rings. The molecule has 0 saturated carbocycles. The zero-order valence-corrected chi connectivity index (χ0v) is 8.32. The lowest BCUT2D eigenvalue weighted by Gasteiger charge is -1.96. The molecule has 0 aliphatic heterocycles. The number of aromatic amines is 2. The molecule has 0 radical (unpaired) electrons. The van der Waals surface area contributed by atoms with Gasteiger partial charge >= 0.3 is 0 Å². The lowest BCUT2D eigenvalue weighted by atomic mass is 10.6. The molecule has 3 rings (SSSR count). The number of fused-ring (bicyclic) bond motifs is 1. The van der Waals surface area contributed by atoms with Crippen LogP contribution in [0.3, 0.4) is 0 Å². The molecule has 2 N–H and O–H groups in total. The third kappa shape index (κ3) is 1.46. The van der Waals surface area contributed by atoms with Crippen molar-refractivity contribution in [2.75, 3.05) is 0 Å². The number of nitrogens with zero attached hydrogens (tertiary/aromatic N) is 4. The van der Waals surface area contributed by atoms with Crippen LogP contribution in [-0.4, -0.2) is 29.9 Å². The van der Waals surface area contributed by atoms with Crippen molar-refractivity contribution in [1.29, 1.82) is 0 Å². The van der Waals surface area contributed by atoms with E-state index in [0.717, 1.165) is 15.7 Å². The molecule has 0 aromatic carbocycles. The van der Waals surface area contributed by atoms with Gasteiger partial charge in [-0.1, -0.05) is 0 Å². The van der Waals surface area contributed by atoms with Gasteiger partial charge in [0, 0.05) is 12.4 Å². The highest BCUT2D eigenvalue weighted by Gasteiger charge is 2.08. The molecule has 0 bridgehead atoms. The summed E-state index contributed by atoms with van der Waals surface area (Å²) in [5, 5.41) is 1.61. The Kier molecular flexibility index (Phi) is 1.88. The van der Waals surface area contributed by atoms with E-state index in [1.807, 2.05) is 0 Å². The number of aromatic nitrogens is 6. The van der Waals surface area contributed by atoms with Gasteiger partial charge in [-0.3, -0.25) is 0 Å². The maximum absolute atomic E-state index is 4.17. The summed E-state index contributed by atoms with van der Waals surface area (Å²) in [5.74, 6) is 0. The third-order valence-electron chi connectivity index (χ3n) is 1.85. The number of rotatable bonds is 2. The van der Waals surface area contributed by atoms with Crippen LogP contribution in [0.5, 0.6) is 0 Å². The average Bonchev–Trinajstić information content (AvgIpc) is 2.87. The molecule has 0 aliphatic carbocycles. The summed E-state index contributed by atoms with van der Waals surface area (Å²) in [6.07, 6.45) is 6.57. The van der Waals surface area contributed by atoms with Gasteiger partial charge in [0.15, 0.2) is 10.8 Å². The Morgan fingerprint density at radius 3 is 2.93 bits per heavy atom. The number of hydrogen-bond acceptors (Lipinski definition) is 5. The van der Waals surface area contributed by atoms with Crippen LogP contribution in [0.4, 0.5) is 0 Å². The van der Waals surface area contributed by atoms with Crippen LogP contribution in [0.25, 0.3) is 11.2 Å². The van der Waals surface area contributed by atoms with Crippen molar-refractivity contribution in [3.8, 4) is 0 Å². The fourth-order valence-electron chi connectivity index (χ4n) is 1.22. The Labute approximate surface area is 88.6 Å². The van der Waals surface area contributed by atoms with E-state index in [4.69, 9.17) is 0 Å². The van der Waals surface area contributed by atoms with Gasteiger partial charge in [0.05, 0.1) is 6.33 Å². The third-order valence-corrected chi connectivity index (χ3v) is 2.77. The van der Waals surface area contributed by atoms with Gasteiger partial charge in [-0.25, -0.2) is 19.9 Å². The molecule has 3 aromatic rings. The predicted octanol–water partition coefficient (Wildman–Crippen LogP) is 1.23. The maximum Gasteiger partial charge on any atom is 0.181 e. The molecule has 0 saturated heterocycles. The first-order chi connectivity index (χ1) is 7.43. The quantitative estimate of drug-likeness (QED) is 0.632. The van der Waals surface area contributed by atoms with Crippen molar-refractivity contribution < 1.29 is 0 Å². The van der Waals surface area contributed by atoms with Crippen molar-refractivity contribution in [3.63, 3.8) is 0 Å². The van der Waals surface area contributed by atoms with Gasteiger partial charge in [0.1, 0.15) is 16.9 Å². The zero-order valence-electron chi connectivity index (χ0n) is 7.51. The van der Waals surface area contributed by atoms with Crippen LogP contribution < -0.4 is 0 Å². The molecular weight excluding hydrogens is 212 g/mol. The molecule has 3 aromatic heterocycles. The van der Waals surface area contributed by atoms with E-state index in [1.54, 1.807) is 18.7 Å². The molecule has 6 nitrogen and oxygen atoms in total. The maximum atomic E-state index is 4.17. The van der Waals surface area contributed by atoms with Gasteiger partial charge in [0.25, 0.3) is 0 Å². The van der Waals surface area contributed by atoms with E-state index in [2.05, 4.69) is 29.9 Å². The van der Waals surface area contributed by atoms with E-state index < -0.39 is 0 Å². The number of imidazole rings is 2. The first kappa shape index (κ1) is 8.42. The largest absolute Gasteiger partial charge is 0.341 e. The predicted molar refractivity (Wildman–Crippen MR) is 54.4 cm³/mol. The fourth-order valence-corrected chi connectivity index (χ4v) is 1.99. The molecule has 3 heterocycles. The van der Waals surface area contributed by atoms with Crippen LogP contribution in [0.2, 0.25) is 0 Å². The summed E-state index contributed by atoms with van der Waals surface area (Å²) < 4.78 is 0. The van der Waals surface area contributed by atoms with Crippen LogP contribution in [0.1, 0.15) is 0 Å². The monoisotopic (exact) mass is 218 g/mol. The normalized spacial score (nSPS) is 10.9. The summed E-state index contributed by atoms with van der Waals surface area (Å²) in [7, 11) is 0. The Balaban J connectivity index is 2.07. The fraction of sp³-hybridized carbons (Fsp3) is 0. The minimum absolute atomic E-state index is 0.666. The van der Waals surface area contributed by atoms with Gasteiger partial charge in [-0.05, 0) is 11.8 Å². The smallest absolute Gasteiger partial charge is 0.181 e. The van der Waals surface area contributed by atoms with Crippen molar-refractivity contribution >= 4 is 22.9 Å². The Morgan fingerprint density at radius 2 is 2.07 bits per heavy atom. The van der Waals surface area contributed by atoms with Gasteiger partial charge in [0.2, 0.25) is 0 Å². The first-order valence-corrected chi connectivity index (χ1v) is 5.06. The van der Waals surface area contributed by atoms with E-state index in [0.29, 0.717) is 5.65 Å². The Bertz CT molecular complexity index is 572. The molecule has 0 amide bonds. The topological polar surface area (TPSA) is 83.1 Å². The zero-order chi connectivity index (χ0) is 10.1. The molecule has 0 unspecified atom stereocenters. The second kappa shape index (κ2) is 3.35. The Morgan fingerprint density at radius 1 is 1.07 bits per heavy atom. The van der Waals surface area contributed by atoms with Crippen molar-refractivity contribution in [2.45, 2.75) is 10.2 Å². The van der Waals surface area contributed by atoms with Crippen LogP contribution >= 0.6 is 11.8 Å². The summed E-state index contributed by atoms with van der Waals surface area (Å²) in [6, 6.07) is 0.